The molecule has 1 aromatic carbocycles. The molecular formula is C19H27N3O2S. The summed E-state index contributed by atoms with van der Waals surface area (Å²) < 4.78 is 9.96. The number of hydrogen-bond donors (Lipinski definition) is 1. The van der Waals surface area contributed by atoms with Crippen LogP contribution >= 0.6 is 11.5 Å². The minimum atomic E-state index is -0.736. The summed E-state index contributed by atoms with van der Waals surface area (Å²) in [5, 5.41) is 11.9. The fourth-order valence-corrected chi connectivity index (χ4v) is 3.76. The van der Waals surface area contributed by atoms with Gasteiger partial charge in [0.2, 0.25) is 5.13 Å². The summed E-state index contributed by atoms with van der Waals surface area (Å²) in [4.78, 5) is 6.93. The number of aromatic nitrogens is 2. The minimum absolute atomic E-state index is 0.0806. The lowest BCUT2D eigenvalue weighted by molar-refractivity contribution is -0.0579. The van der Waals surface area contributed by atoms with Crippen molar-refractivity contribution in [2.24, 2.45) is 0 Å². The van der Waals surface area contributed by atoms with Crippen molar-refractivity contribution >= 4 is 16.7 Å². The summed E-state index contributed by atoms with van der Waals surface area (Å²) in [5.41, 5.74) is 0.384. The molecule has 2 heterocycles. The monoisotopic (exact) mass is 361 g/mol. The lowest BCUT2D eigenvalue weighted by atomic mass is 9.93. The van der Waals surface area contributed by atoms with Gasteiger partial charge in [0.15, 0.2) is 0 Å². The first-order valence-corrected chi connectivity index (χ1v) is 9.56. The van der Waals surface area contributed by atoms with Crippen molar-refractivity contribution in [3.8, 4) is 0 Å². The Kier molecular flexibility index (Phi) is 5.41. The van der Waals surface area contributed by atoms with E-state index in [0.29, 0.717) is 39.1 Å². The van der Waals surface area contributed by atoms with E-state index in [9.17, 15) is 5.11 Å². The molecule has 136 valence electrons. The van der Waals surface area contributed by atoms with Crippen LogP contribution < -0.4 is 4.90 Å². The molecule has 0 spiro atoms. The second kappa shape index (κ2) is 7.40. The van der Waals surface area contributed by atoms with E-state index in [2.05, 4.69) is 42.2 Å². The number of nitrogens with zero attached hydrogens (tertiary/aromatic N) is 3. The molecule has 0 unspecified atom stereocenters. The van der Waals surface area contributed by atoms with Crippen molar-refractivity contribution in [1.29, 1.82) is 0 Å². The average molecular weight is 362 g/mol. The first-order chi connectivity index (χ1) is 11.9. The molecule has 1 aliphatic heterocycles. The van der Waals surface area contributed by atoms with Gasteiger partial charge < -0.3 is 14.7 Å². The Morgan fingerprint density at radius 3 is 2.48 bits per heavy atom. The van der Waals surface area contributed by atoms with Gasteiger partial charge in [-0.2, -0.15) is 4.37 Å². The zero-order chi connectivity index (χ0) is 17.9. The summed E-state index contributed by atoms with van der Waals surface area (Å²) >= 11 is 1.41. The zero-order valence-electron chi connectivity index (χ0n) is 15.2. The van der Waals surface area contributed by atoms with E-state index in [0.717, 1.165) is 11.0 Å². The zero-order valence-corrected chi connectivity index (χ0v) is 16.1. The number of ether oxygens (including phenoxy) is 1. The molecule has 3 rings (SSSR count). The van der Waals surface area contributed by atoms with E-state index in [1.165, 1.54) is 17.1 Å². The van der Waals surface area contributed by atoms with Gasteiger partial charge in [0.1, 0.15) is 5.82 Å². The molecule has 2 aromatic rings. The van der Waals surface area contributed by atoms with Crippen LogP contribution in [0.4, 0.5) is 5.13 Å². The molecule has 1 fully saturated rings. The topological polar surface area (TPSA) is 58.5 Å². The van der Waals surface area contributed by atoms with E-state index in [-0.39, 0.29) is 5.41 Å². The average Bonchev–Trinajstić information content (AvgIpc) is 3.06. The summed E-state index contributed by atoms with van der Waals surface area (Å²) in [6.07, 6.45) is 1.31. The second-order valence-electron chi connectivity index (χ2n) is 7.83. The Labute approximate surface area is 153 Å². The van der Waals surface area contributed by atoms with Crippen molar-refractivity contribution in [2.75, 3.05) is 24.7 Å². The van der Waals surface area contributed by atoms with E-state index in [1.54, 1.807) is 0 Å². The standard InChI is InChI=1S/C19H27N3O2S/c1-18(2,3)16-20-17(25-21-16)22(13-15-7-5-4-6-8-15)14-19(23)9-11-24-12-10-19/h4-8,23H,9-14H2,1-3H3. The molecule has 0 radical (unpaired) electrons. The summed E-state index contributed by atoms with van der Waals surface area (Å²) in [7, 11) is 0. The van der Waals surface area contributed by atoms with Crippen LogP contribution in [-0.4, -0.2) is 39.8 Å². The number of rotatable bonds is 5. The van der Waals surface area contributed by atoms with Crippen LogP contribution in [0.3, 0.4) is 0 Å². The largest absolute Gasteiger partial charge is 0.388 e. The van der Waals surface area contributed by atoms with Gasteiger partial charge in [-0.15, -0.1) is 0 Å². The summed E-state index contributed by atoms with van der Waals surface area (Å²) in [6.45, 7) is 8.83. The molecule has 1 aromatic heterocycles. The Balaban J connectivity index is 1.84. The molecule has 0 aliphatic carbocycles. The highest BCUT2D eigenvalue weighted by Gasteiger charge is 2.33. The van der Waals surface area contributed by atoms with Crippen LogP contribution in [0.5, 0.6) is 0 Å². The van der Waals surface area contributed by atoms with E-state index >= 15 is 0 Å². The molecule has 0 atom stereocenters. The van der Waals surface area contributed by atoms with Crippen molar-refractivity contribution in [2.45, 2.75) is 51.2 Å². The molecule has 5 nitrogen and oxygen atoms in total. The molecule has 1 aliphatic rings. The Hall–Kier alpha value is -1.50. The van der Waals surface area contributed by atoms with Gasteiger partial charge in [-0.05, 0) is 5.56 Å². The first-order valence-electron chi connectivity index (χ1n) is 8.79. The molecule has 6 heteroatoms. The fourth-order valence-electron chi connectivity index (χ4n) is 2.91. The first kappa shape index (κ1) is 18.3. The third-order valence-corrected chi connectivity index (χ3v) is 5.26. The molecule has 1 N–H and O–H groups in total. The predicted octanol–water partition coefficient (Wildman–Crippen LogP) is 3.38. The van der Waals surface area contributed by atoms with E-state index < -0.39 is 5.60 Å². The van der Waals surface area contributed by atoms with Gasteiger partial charge in [-0.25, -0.2) is 4.98 Å². The molecule has 1 saturated heterocycles. The van der Waals surface area contributed by atoms with Crippen molar-refractivity contribution in [1.82, 2.24) is 9.36 Å². The maximum absolute atomic E-state index is 11.0. The van der Waals surface area contributed by atoms with Crippen LogP contribution in [0.1, 0.15) is 45.0 Å². The van der Waals surface area contributed by atoms with E-state index in [4.69, 9.17) is 9.72 Å². The van der Waals surface area contributed by atoms with Crippen LogP contribution in [0.2, 0.25) is 0 Å². The smallest absolute Gasteiger partial charge is 0.205 e. The number of anilines is 1. The van der Waals surface area contributed by atoms with Crippen molar-refractivity contribution in [3.05, 3.63) is 41.7 Å². The molecule has 0 amide bonds. The normalized spacial score (nSPS) is 17.4. The molecular weight excluding hydrogens is 334 g/mol. The molecule has 0 saturated carbocycles. The SMILES string of the molecule is CC(C)(C)c1nsc(N(Cc2ccccc2)CC2(O)CCOCC2)n1. The van der Waals surface area contributed by atoms with E-state index in [1.807, 2.05) is 18.2 Å². The minimum Gasteiger partial charge on any atom is -0.388 e. The maximum Gasteiger partial charge on any atom is 0.205 e. The number of benzene rings is 1. The van der Waals surface area contributed by atoms with Crippen LogP contribution in [0.25, 0.3) is 0 Å². The lowest BCUT2D eigenvalue weighted by Gasteiger charge is -2.36. The van der Waals surface area contributed by atoms with Crippen molar-refractivity contribution < 1.29 is 9.84 Å². The Bertz CT molecular complexity index is 675. The molecule has 0 bridgehead atoms. The summed E-state index contributed by atoms with van der Waals surface area (Å²) in [6, 6.07) is 10.3. The quantitative estimate of drug-likeness (QED) is 0.885. The Morgan fingerprint density at radius 2 is 1.88 bits per heavy atom. The van der Waals surface area contributed by atoms with Gasteiger partial charge in [-0.3, -0.25) is 0 Å². The highest BCUT2D eigenvalue weighted by Crippen LogP contribution is 2.30. The fraction of sp³-hybridized carbons (Fsp3) is 0.579. The lowest BCUT2D eigenvalue weighted by Crippen LogP contribution is -2.46. The molecule has 25 heavy (non-hydrogen) atoms. The third kappa shape index (κ3) is 4.77. The predicted molar refractivity (Wildman–Crippen MR) is 101 cm³/mol. The Morgan fingerprint density at radius 1 is 1.20 bits per heavy atom. The van der Waals surface area contributed by atoms with Gasteiger partial charge in [0.05, 0.1) is 5.60 Å². The van der Waals surface area contributed by atoms with Crippen LogP contribution in [0, 0.1) is 0 Å². The second-order valence-corrected chi connectivity index (χ2v) is 8.56. The van der Waals surface area contributed by atoms with Gasteiger partial charge >= 0.3 is 0 Å². The highest BCUT2D eigenvalue weighted by atomic mass is 32.1. The van der Waals surface area contributed by atoms with Crippen molar-refractivity contribution in [3.63, 3.8) is 0 Å². The maximum atomic E-state index is 11.0. The van der Waals surface area contributed by atoms with Gasteiger partial charge in [-0.1, -0.05) is 51.1 Å². The number of aliphatic hydroxyl groups is 1. The summed E-state index contributed by atoms with van der Waals surface area (Å²) in [5.74, 6) is 0.851. The van der Waals surface area contributed by atoms with Gasteiger partial charge in [0.25, 0.3) is 0 Å². The van der Waals surface area contributed by atoms with Crippen LogP contribution in [-0.2, 0) is 16.7 Å². The number of hydrogen-bond acceptors (Lipinski definition) is 6. The highest BCUT2D eigenvalue weighted by molar-refractivity contribution is 7.09. The van der Waals surface area contributed by atoms with Gasteiger partial charge in [0, 0.05) is 56.1 Å². The van der Waals surface area contributed by atoms with Crippen LogP contribution in [0.15, 0.2) is 30.3 Å². The third-order valence-electron chi connectivity index (χ3n) is 4.48.